The van der Waals surface area contributed by atoms with Gasteiger partial charge in [0, 0.05) is 12.3 Å². The maximum absolute atomic E-state index is 12.2. The number of hydrogen-bond donors (Lipinski definition) is 0. The first-order valence-corrected chi connectivity index (χ1v) is 7.68. The molecule has 0 aromatic carbocycles. The fourth-order valence-corrected chi connectivity index (χ4v) is 4.06. The Morgan fingerprint density at radius 1 is 1.00 bits per heavy atom. The van der Waals surface area contributed by atoms with E-state index in [0.29, 0.717) is 11.7 Å². The van der Waals surface area contributed by atoms with Crippen molar-refractivity contribution in [3.8, 4) is 0 Å². The third-order valence-corrected chi connectivity index (χ3v) is 4.91. The first kappa shape index (κ1) is 13.1. The summed E-state index contributed by atoms with van der Waals surface area (Å²) in [5, 5.41) is 0. The molecule has 0 spiro atoms. The van der Waals surface area contributed by atoms with Gasteiger partial charge in [-0.1, -0.05) is 39.5 Å². The number of hydrogen-bond acceptors (Lipinski definition) is 1. The molecule has 2 fully saturated rings. The smallest absolute Gasteiger partial charge is 0.136 e. The maximum atomic E-state index is 12.2. The predicted molar refractivity (Wildman–Crippen MR) is 71.9 cm³/mol. The standard InChI is InChI=1S/C16H28O/c1-12-9-13(2)11-15(10-12)16(17)8-7-14-5-3-4-6-14/h12-15H,3-11H2,1-2H3. The van der Waals surface area contributed by atoms with Crippen molar-refractivity contribution in [1.29, 1.82) is 0 Å². The third-order valence-electron chi connectivity index (χ3n) is 4.91. The van der Waals surface area contributed by atoms with Gasteiger partial charge in [0.15, 0.2) is 0 Å². The lowest BCUT2D eigenvalue weighted by Crippen LogP contribution is -2.26. The van der Waals surface area contributed by atoms with Crippen LogP contribution < -0.4 is 0 Å². The number of rotatable bonds is 4. The second-order valence-corrected chi connectivity index (χ2v) is 6.77. The van der Waals surface area contributed by atoms with Gasteiger partial charge >= 0.3 is 0 Å². The molecule has 0 aromatic rings. The number of carbonyl (C=O) groups is 1. The molecule has 0 aliphatic heterocycles. The van der Waals surface area contributed by atoms with Crippen molar-refractivity contribution >= 4 is 5.78 Å². The van der Waals surface area contributed by atoms with Gasteiger partial charge in [0.1, 0.15) is 5.78 Å². The van der Waals surface area contributed by atoms with Gasteiger partial charge < -0.3 is 0 Å². The Balaban J connectivity index is 1.74. The van der Waals surface area contributed by atoms with Crippen LogP contribution in [0.15, 0.2) is 0 Å². The Kier molecular flexibility index (Phi) is 4.64. The molecule has 0 radical (unpaired) electrons. The van der Waals surface area contributed by atoms with Crippen LogP contribution in [0.1, 0.15) is 71.6 Å². The molecule has 0 aromatic heterocycles. The summed E-state index contributed by atoms with van der Waals surface area (Å²) in [5.74, 6) is 3.38. The van der Waals surface area contributed by atoms with Crippen LogP contribution >= 0.6 is 0 Å². The number of carbonyl (C=O) groups excluding carboxylic acids is 1. The predicted octanol–water partition coefficient (Wildman–Crippen LogP) is 4.60. The summed E-state index contributed by atoms with van der Waals surface area (Å²) < 4.78 is 0. The summed E-state index contributed by atoms with van der Waals surface area (Å²) in [4.78, 5) is 12.2. The summed E-state index contributed by atoms with van der Waals surface area (Å²) in [5.41, 5.74) is 0. The van der Waals surface area contributed by atoms with Crippen molar-refractivity contribution in [3.05, 3.63) is 0 Å². The molecule has 1 nitrogen and oxygen atoms in total. The van der Waals surface area contributed by atoms with Crippen LogP contribution in [-0.4, -0.2) is 5.78 Å². The summed E-state index contributed by atoms with van der Waals surface area (Å²) in [6, 6.07) is 0. The Morgan fingerprint density at radius 3 is 2.18 bits per heavy atom. The zero-order valence-electron chi connectivity index (χ0n) is 11.6. The van der Waals surface area contributed by atoms with E-state index in [9.17, 15) is 4.79 Å². The SMILES string of the molecule is CC1CC(C)CC(C(=O)CCC2CCCC2)C1. The van der Waals surface area contributed by atoms with E-state index in [1.165, 1.54) is 38.5 Å². The third kappa shape index (κ3) is 3.82. The van der Waals surface area contributed by atoms with Gasteiger partial charge in [-0.25, -0.2) is 0 Å². The van der Waals surface area contributed by atoms with E-state index in [4.69, 9.17) is 0 Å². The molecular formula is C16H28O. The Hall–Kier alpha value is -0.330. The molecule has 98 valence electrons. The van der Waals surface area contributed by atoms with E-state index in [0.717, 1.165) is 37.0 Å². The van der Waals surface area contributed by atoms with E-state index in [1.807, 2.05) is 0 Å². The highest BCUT2D eigenvalue weighted by Crippen LogP contribution is 2.35. The normalized spacial score (nSPS) is 35.1. The first-order chi connectivity index (χ1) is 8.15. The summed E-state index contributed by atoms with van der Waals surface area (Å²) in [6.07, 6.45) is 11.3. The van der Waals surface area contributed by atoms with Crippen molar-refractivity contribution < 1.29 is 4.79 Å². The Morgan fingerprint density at radius 2 is 1.59 bits per heavy atom. The molecule has 2 rings (SSSR count). The van der Waals surface area contributed by atoms with Crippen LogP contribution in [0.2, 0.25) is 0 Å². The zero-order valence-corrected chi connectivity index (χ0v) is 11.6. The minimum atomic E-state index is 0.398. The van der Waals surface area contributed by atoms with E-state index in [1.54, 1.807) is 0 Å². The van der Waals surface area contributed by atoms with Gasteiger partial charge in [-0.3, -0.25) is 4.79 Å². The lowest BCUT2D eigenvalue weighted by Gasteiger charge is -2.30. The Labute approximate surface area is 106 Å². The zero-order chi connectivity index (χ0) is 12.3. The van der Waals surface area contributed by atoms with Gasteiger partial charge in [-0.2, -0.15) is 0 Å². The van der Waals surface area contributed by atoms with Gasteiger partial charge in [-0.15, -0.1) is 0 Å². The molecule has 0 bridgehead atoms. The van der Waals surface area contributed by atoms with Gasteiger partial charge in [-0.05, 0) is 43.4 Å². The molecule has 2 saturated carbocycles. The molecule has 1 heteroatoms. The molecule has 0 N–H and O–H groups in total. The fourth-order valence-electron chi connectivity index (χ4n) is 4.06. The Bertz CT molecular complexity index is 242. The molecule has 0 heterocycles. The number of ketones is 1. The van der Waals surface area contributed by atoms with Crippen molar-refractivity contribution in [2.24, 2.45) is 23.7 Å². The number of Topliss-reactive ketones (excluding diaryl/α,β-unsaturated/α-hetero) is 1. The van der Waals surface area contributed by atoms with E-state index in [-0.39, 0.29) is 0 Å². The summed E-state index contributed by atoms with van der Waals surface area (Å²) in [7, 11) is 0. The van der Waals surface area contributed by atoms with Crippen molar-refractivity contribution in [3.63, 3.8) is 0 Å². The lowest BCUT2D eigenvalue weighted by molar-refractivity contribution is -0.125. The van der Waals surface area contributed by atoms with E-state index in [2.05, 4.69) is 13.8 Å². The van der Waals surface area contributed by atoms with Crippen molar-refractivity contribution in [2.75, 3.05) is 0 Å². The summed E-state index contributed by atoms with van der Waals surface area (Å²) in [6.45, 7) is 4.62. The molecule has 17 heavy (non-hydrogen) atoms. The van der Waals surface area contributed by atoms with Crippen LogP contribution in [0.25, 0.3) is 0 Å². The fraction of sp³-hybridized carbons (Fsp3) is 0.938. The largest absolute Gasteiger partial charge is 0.299 e. The highest BCUT2D eigenvalue weighted by Gasteiger charge is 2.29. The van der Waals surface area contributed by atoms with Crippen molar-refractivity contribution in [2.45, 2.75) is 71.6 Å². The van der Waals surface area contributed by atoms with Gasteiger partial charge in [0.25, 0.3) is 0 Å². The van der Waals surface area contributed by atoms with Crippen LogP contribution in [-0.2, 0) is 4.79 Å². The quantitative estimate of drug-likeness (QED) is 0.697. The average Bonchev–Trinajstić information content (AvgIpc) is 2.77. The minimum Gasteiger partial charge on any atom is -0.299 e. The monoisotopic (exact) mass is 236 g/mol. The van der Waals surface area contributed by atoms with E-state index < -0.39 is 0 Å². The molecular weight excluding hydrogens is 208 g/mol. The molecule has 2 aliphatic carbocycles. The lowest BCUT2D eigenvalue weighted by atomic mass is 9.74. The molecule has 2 aliphatic rings. The first-order valence-electron chi connectivity index (χ1n) is 7.68. The van der Waals surface area contributed by atoms with Crippen LogP contribution in [0.4, 0.5) is 0 Å². The van der Waals surface area contributed by atoms with Gasteiger partial charge in [0.2, 0.25) is 0 Å². The topological polar surface area (TPSA) is 17.1 Å². The minimum absolute atomic E-state index is 0.398. The average molecular weight is 236 g/mol. The van der Waals surface area contributed by atoms with Crippen molar-refractivity contribution in [1.82, 2.24) is 0 Å². The van der Waals surface area contributed by atoms with Crippen LogP contribution in [0.5, 0.6) is 0 Å². The summed E-state index contributed by atoms with van der Waals surface area (Å²) >= 11 is 0. The molecule has 2 unspecified atom stereocenters. The second kappa shape index (κ2) is 6.02. The molecule has 0 amide bonds. The second-order valence-electron chi connectivity index (χ2n) is 6.77. The highest BCUT2D eigenvalue weighted by atomic mass is 16.1. The van der Waals surface area contributed by atoms with Gasteiger partial charge in [0.05, 0.1) is 0 Å². The van der Waals surface area contributed by atoms with Crippen LogP contribution in [0, 0.1) is 23.7 Å². The highest BCUT2D eigenvalue weighted by molar-refractivity contribution is 5.81. The van der Waals surface area contributed by atoms with E-state index >= 15 is 0 Å². The maximum Gasteiger partial charge on any atom is 0.136 e. The van der Waals surface area contributed by atoms with Crippen LogP contribution in [0.3, 0.4) is 0 Å². The molecule has 0 saturated heterocycles. The molecule has 2 atom stereocenters.